The maximum absolute atomic E-state index is 12.4. The van der Waals surface area contributed by atoms with Crippen LogP contribution < -0.4 is 15.8 Å². The van der Waals surface area contributed by atoms with Gasteiger partial charge in [0.05, 0.1) is 0 Å². The summed E-state index contributed by atoms with van der Waals surface area (Å²) in [6.45, 7) is 0.493. The lowest BCUT2D eigenvalue weighted by Crippen LogP contribution is -2.12. The van der Waals surface area contributed by atoms with Crippen LogP contribution in [0.25, 0.3) is 22.3 Å². The molecule has 5 rings (SSSR count). The summed E-state index contributed by atoms with van der Waals surface area (Å²) in [5, 5.41) is 2.92. The maximum Gasteiger partial charge on any atom is 0.251 e. The molecule has 0 fully saturated rings. The summed E-state index contributed by atoms with van der Waals surface area (Å²) in [5.41, 5.74) is 11.2. The number of carbonyl (C=O) groups is 2. The minimum atomic E-state index is -0.469. The van der Waals surface area contributed by atoms with Gasteiger partial charge in [0.1, 0.15) is 11.5 Å². The summed E-state index contributed by atoms with van der Waals surface area (Å²) in [6, 6.07) is 28.5. The first kappa shape index (κ1) is 19.6. The highest BCUT2D eigenvalue weighted by Gasteiger charge is 2.24. The summed E-state index contributed by atoms with van der Waals surface area (Å²) < 4.78 is 5.90. The fourth-order valence-electron chi connectivity index (χ4n) is 3.91. The van der Waals surface area contributed by atoms with Crippen molar-refractivity contribution in [3.05, 3.63) is 108 Å². The lowest BCUT2D eigenvalue weighted by atomic mass is 9.91. The average Bonchev–Trinajstić information content (AvgIpc) is 3.20. The molecule has 1 aliphatic heterocycles. The number of hydrogen-bond acceptors (Lipinski definition) is 3. The first-order valence-corrected chi connectivity index (χ1v) is 10.3. The zero-order valence-electron chi connectivity index (χ0n) is 17.2. The van der Waals surface area contributed by atoms with Crippen LogP contribution in [0.15, 0.2) is 91.0 Å². The molecule has 3 N–H and O–H groups in total. The van der Waals surface area contributed by atoms with Crippen molar-refractivity contribution in [2.24, 2.45) is 5.73 Å². The van der Waals surface area contributed by atoms with Crippen molar-refractivity contribution < 1.29 is 14.3 Å². The molecule has 0 bridgehead atoms. The molecule has 5 heteroatoms. The zero-order chi connectivity index (χ0) is 22.1. The van der Waals surface area contributed by atoms with E-state index in [-0.39, 0.29) is 5.91 Å². The van der Waals surface area contributed by atoms with E-state index in [1.807, 2.05) is 72.8 Å². The molecule has 156 valence electrons. The normalized spacial score (nSPS) is 12.2. The number of fused-ring (bicyclic) bond motifs is 1. The van der Waals surface area contributed by atoms with Gasteiger partial charge in [0.15, 0.2) is 0 Å². The number of nitrogens with two attached hydrogens (primary N) is 1. The number of primary amides is 1. The van der Waals surface area contributed by atoms with E-state index in [1.165, 1.54) is 0 Å². The number of ether oxygens (including phenoxy) is 1. The highest BCUT2D eigenvalue weighted by molar-refractivity contribution is 6.02. The molecule has 1 aliphatic rings. The van der Waals surface area contributed by atoms with Crippen LogP contribution in [0, 0.1) is 0 Å². The van der Waals surface area contributed by atoms with E-state index in [0.29, 0.717) is 17.7 Å². The lowest BCUT2D eigenvalue weighted by Gasteiger charge is -2.13. The van der Waals surface area contributed by atoms with Crippen LogP contribution in [0.2, 0.25) is 0 Å². The van der Waals surface area contributed by atoms with Crippen molar-refractivity contribution in [3.8, 4) is 33.8 Å². The van der Waals surface area contributed by atoms with Crippen molar-refractivity contribution in [1.82, 2.24) is 5.32 Å². The molecule has 0 atom stereocenters. The smallest absolute Gasteiger partial charge is 0.251 e. The Morgan fingerprint density at radius 1 is 0.750 bits per heavy atom. The number of nitrogens with one attached hydrogen (secondary N) is 1. The Morgan fingerprint density at radius 2 is 1.38 bits per heavy atom. The molecule has 5 nitrogen and oxygen atoms in total. The van der Waals surface area contributed by atoms with Crippen molar-refractivity contribution in [2.75, 3.05) is 0 Å². The zero-order valence-corrected chi connectivity index (χ0v) is 17.2. The predicted molar refractivity (Wildman–Crippen MR) is 124 cm³/mol. The maximum atomic E-state index is 12.4. The fraction of sp³-hybridized carbons (Fsp3) is 0.0370. The first-order chi connectivity index (χ1) is 15.6. The van der Waals surface area contributed by atoms with Crippen molar-refractivity contribution in [3.63, 3.8) is 0 Å². The second kappa shape index (κ2) is 8.04. The molecule has 0 aliphatic carbocycles. The van der Waals surface area contributed by atoms with E-state index in [4.69, 9.17) is 10.5 Å². The van der Waals surface area contributed by atoms with Gasteiger partial charge in [-0.3, -0.25) is 9.59 Å². The van der Waals surface area contributed by atoms with Gasteiger partial charge in [0.25, 0.3) is 5.91 Å². The molecular weight excluding hydrogens is 400 g/mol. The summed E-state index contributed by atoms with van der Waals surface area (Å²) in [7, 11) is 0. The third-order valence-corrected chi connectivity index (χ3v) is 5.57. The van der Waals surface area contributed by atoms with E-state index in [1.54, 1.807) is 12.1 Å². The molecule has 4 aromatic rings. The molecule has 1 heterocycles. The average molecular weight is 420 g/mol. The predicted octanol–water partition coefficient (Wildman–Crippen LogP) is 5.16. The Kier molecular flexibility index (Phi) is 4.92. The first-order valence-electron chi connectivity index (χ1n) is 10.3. The standard InChI is InChI=1S/C27H20N2O3/c28-26(30)19-8-6-17(7-9-19)20-14-23(25-16-29-27(31)24(25)15-20)18-10-12-22(13-11-18)32-21-4-2-1-3-5-21/h1-15H,16H2,(H2,28,30)(H,29,31). The van der Waals surface area contributed by atoms with Crippen LogP contribution in [-0.2, 0) is 6.54 Å². The Morgan fingerprint density at radius 3 is 2.06 bits per heavy atom. The summed E-state index contributed by atoms with van der Waals surface area (Å²) in [6.07, 6.45) is 0. The van der Waals surface area contributed by atoms with E-state index < -0.39 is 5.91 Å². The Bertz CT molecular complexity index is 1310. The van der Waals surface area contributed by atoms with Gasteiger partial charge in [-0.05, 0) is 76.3 Å². The SMILES string of the molecule is NC(=O)c1ccc(-c2cc3c(c(-c4ccc(Oc5ccccc5)cc4)c2)CNC3=O)cc1. The molecule has 0 radical (unpaired) electrons. The van der Waals surface area contributed by atoms with Crippen LogP contribution in [0.4, 0.5) is 0 Å². The number of benzene rings is 4. The Hall–Kier alpha value is -4.38. The highest BCUT2D eigenvalue weighted by Crippen LogP contribution is 2.35. The molecule has 0 saturated heterocycles. The van der Waals surface area contributed by atoms with E-state index in [2.05, 4.69) is 11.4 Å². The van der Waals surface area contributed by atoms with Gasteiger partial charge in [-0.1, -0.05) is 42.5 Å². The van der Waals surface area contributed by atoms with Gasteiger partial charge in [-0.25, -0.2) is 0 Å². The van der Waals surface area contributed by atoms with Gasteiger partial charge in [0.2, 0.25) is 5.91 Å². The lowest BCUT2D eigenvalue weighted by molar-refractivity contribution is 0.0964. The molecule has 4 aromatic carbocycles. The minimum absolute atomic E-state index is 0.0825. The molecule has 0 spiro atoms. The van der Waals surface area contributed by atoms with Crippen LogP contribution in [0.5, 0.6) is 11.5 Å². The molecule has 0 aromatic heterocycles. The summed E-state index contributed by atoms with van der Waals surface area (Å²) in [4.78, 5) is 23.8. The third kappa shape index (κ3) is 3.72. The van der Waals surface area contributed by atoms with E-state index in [0.717, 1.165) is 39.3 Å². The van der Waals surface area contributed by atoms with Gasteiger partial charge < -0.3 is 15.8 Å². The molecule has 2 amide bonds. The van der Waals surface area contributed by atoms with Crippen molar-refractivity contribution >= 4 is 11.8 Å². The quantitative estimate of drug-likeness (QED) is 0.468. The van der Waals surface area contributed by atoms with Crippen LogP contribution in [-0.4, -0.2) is 11.8 Å². The van der Waals surface area contributed by atoms with Gasteiger partial charge >= 0.3 is 0 Å². The van der Waals surface area contributed by atoms with Gasteiger partial charge in [-0.2, -0.15) is 0 Å². The second-order valence-electron chi connectivity index (χ2n) is 7.61. The number of amides is 2. The summed E-state index contributed by atoms with van der Waals surface area (Å²) in [5.74, 6) is 0.964. The van der Waals surface area contributed by atoms with Crippen LogP contribution in [0.1, 0.15) is 26.3 Å². The molecule has 32 heavy (non-hydrogen) atoms. The summed E-state index contributed by atoms with van der Waals surface area (Å²) >= 11 is 0. The third-order valence-electron chi connectivity index (χ3n) is 5.57. The minimum Gasteiger partial charge on any atom is -0.457 e. The number of hydrogen-bond donors (Lipinski definition) is 2. The molecular formula is C27H20N2O3. The monoisotopic (exact) mass is 420 g/mol. The van der Waals surface area contributed by atoms with Gasteiger partial charge in [-0.15, -0.1) is 0 Å². The molecule has 0 unspecified atom stereocenters. The Balaban J connectivity index is 1.53. The van der Waals surface area contributed by atoms with Gasteiger partial charge in [0, 0.05) is 17.7 Å². The second-order valence-corrected chi connectivity index (χ2v) is 7.61. The van der Waals surface area contributed by atoms with Crippen molar-refractivity contribution in [2.45, 2.75) is 6.54 Å². The van der Waals surface area contributed by atoms with Crippen LogP contribution >= 0.6 is 0 Å². The van der Waals surface area contributed by atoms with E-state index >= 15 is 0 Å². The number of carbonyl (C=O) groups excluding carboxylic acids is 2. The topological polar surface area (TPSA) is 81.4 Å². The Labute approximate surface area is 185 Å². The molecule has 0 saturated carbocycles. The van der Waals surface area contributed by atoms with Crippen molar-refractivity contribution in [1.29, 1.82) is 0 Å². The number of para-hydroxylation sites is 1. The highest BCUT2D eigenvalue weighted by atomic mass is 16.5. The largest absolute Gasteiger partial charge is 0.457 e. The fourth-order valence-corrected chi connectivity index (χ4v) is 3.91. The number of rotatable bonds is 5. The van der Waals surface area contributed by atoms with E-state index in [9.17, 15) is 9.59 Å². The van der Waals surface area contributed by atoms with Crippen LogP contribution in [0.3, 0.4) is 0 Å².